The van der Waals surface area contributed by atoms with Gasteiger partial charge in [0.2, 0.25) is 0 Å². The molecule has 0 N–H and O–H groups in total. The van der Waals surface area contributed by atoms with Crippen LogP contribution in [0.25, 0.3) is 0 Å². The minimum absolute atomic E-state index is 0.380. The second kappa shape index (κ2) is 4.97. The van der Waals surface area contributed by atoms with E-state index in [0.29, 0.717) is 16.0 Å². The van der Waals surface area contributed by atoms with Crippen molar-refractivity contribution >= 4 is 15.7 Å². The van der Waals surface area contributed by atoms with Crippen LogP contribution in [-0.4, -0.2) is 15.7 Å². The van der Waals surface area contributed by atoms with E-state index in [2.05, 4.69) is 57.2 Å². The summed E-state index contributed by atoms with van der Waals surface area (Å²) in [6.45, 7) is 14.3. The molecule has 0 aliphatic carbocycles. The lowest BCUT2D eigenvalue weighted by molar-refractivity contribution is 0.138. The Hall–Kier alpha value is 0.130. The molecule has 15 heavy (non-hydrogen) atoms. The van der Waals surface area contributed by atoms with Crippen LogP contribution in [0.15, 0.2) is 0 Å². The fourth-order valence-corrected chi connectivity index (χ4v) is 2.40. The lowest BCUT2D eigenvalue weighted by Gasteiger charge is -2.53. The van der Waals surface area contributed by atoms with Gasteiger partial charge in [-0.2, -0.15) is 0 Å². The maximum Gasteiger partial charge on any atom is 0.101 e. The minimum Gasteiger partial charge on any atom is -0.0747 e. The molecule has 0 saturated carbocycles. The molecular weight excluding hydrogens is 178 g/mol. The largest absolute Gasteiger partial charge is 0.101 e. The molecule has 0 rings (SSSR count). The molecule has 0 radical (unpaired) electrons. The van der Waals surface area contributed by atoms with Gasteiger partial charge in [-0.3, -0.25) is 0 Å². The summed E-state index contributed by atoms with van der Waals surface area (Å²) >= 11 is 0. The van der Waals surface area contributed by atoms with Gasteiger partial charge in [-0.15, -0.1) is 0 Å². The third-order valence-electron chi connectivity index (χ3n) is 5.25. The van der Waals surface area contributed by atoms with Gasteiger partial charge in [0.15, 0.2) is 0 Å². The van der Waals surface area contributed by atoms with E-state index in [1.807, 2.05) is 0 Å². The Kier molecular flexibility index (Phi) is 5.02. The summed E-state index contributed by atoms with van der Waals surface area (Å²) in [7, 11) is 4.90. The van der Waals surface area contributed by atoms with Crippen molar-refractivity contribution in [1.82, 2.24) is 0 Å². The second-order valence-corrected chi connectivity index (χ2v) is 6.89. The average molecular weight is 208 g/mol. The lowest BCUT2D eigenvalue weighted by atomic mass is 9.33. The first kappa shape index (κ1) is 15.1. The molecule has 2 heteroatoms. The summed E-state index contributed by atoms with van der Waals surface area (Å²) in [5, 5.41) is 0.393. The van der Waals surface area contributed by atoms with Crippen molar-refractivity contribution in [2.45, 2.75) is 72.4 Å². The van der Waals surface area contributed by atoms with E-state index in [1.165, 1.54) is 25.7 Å². The first-order valence-electron chi connectivity index (χ1n) is 6.62. The summed E-state index contributed by atoms with van der Waals surface area (Å²) in [6, 6.07) is 0. The molecule has 0 aromatic heterocycles. The highest BCUT2D eigenvalue weighted by atomic mass is 14.4. The molecule has 0 amide bonds. The quantitative estimate of drug-likeness (QED) is 0.609. The molecule has 0 aliphatic rings. The molecule has 1 unspecified atom stereocenters. The van der Waals surface area contributed by atoms with Gasteiger partial charge in [-0.05, 0) is 17.3 Å². The van der Waals surface area contributed by atoms with Crippen LogP contribution in [0.1, 0.15) is 67.2 Å². The molecule has 0 heterocycles. The van der Waals surface area contributed by atoms with E-state index in [4.69, 9.17) is 0 Å². The zero-order valence-electron chi connectivity index (χ0n) is 12.3. The van der Waals surface area contributed by atoms with Crippen molar-refractivity contribution in [3.63, 3.8) is 0 Å². The van der Waals surface area contributed by atoms with Crippen LogP contribution in [0.2, 0.25) is 5.21 Å². The van der Waals surface area contributed by atoms with E-state index in [9.17, 15) is 0 Å². The smallest absolute Gasteiger partial charge is 0.0747 e. The van der Waals surface area contributed by atoms with Gasteiger partial charge in [0.05, 0.1) is 0 Å². The normalized spacial score (nSPS) is 17.5. The predicted octanol–water partition coefficient (Wildman–Crippen LogP) is 3.02. The molecule has 88 valence electrons. The summed E-state index contributed by atoms with van der Waals surface area (Å²) < 4.78 is 0. The zero-order valence-corrected chi connectivity index (χ0v) is 12.3. The van der Waals surface area contributed by atoms with Gasteiger partial charge in [0, 0.05) is 0 Å². The van der Waals surface area contributed by atoms with Gasteiger partial charge in [-0.1, -0.05) is 66.0 Å². The fraction of sp³-hybridized carbons (Fsp3) is 1.00. The molecular formula is C13H30B2. The Bertz CT molecular complexity index is 191. The average Bonchev–Trinajstić information content (AvgIpc) is 2.12. The molecule has 1 atom stereocenters. The first-order valence-corrected chi connectivity index (χ1v) is 6.62. The molecule has 0 spiro atoms. The molecule has 0 fully saturated rings. The Balaban J connectivity index is 4.92. The predicted molar refractivity (Wildman–Crippen MR) is 77.2 cm³/mol. The number of hydrogen-bond donors (Lipinski definition) is 0. The third kappa shape index (κ3) is 3.04. The van der Waals surface area contributed by atoms with Crippen molar-refractivity contribution in [3.05, 3.63) is 0 Å². The van der Waals surface area contributed by atoms with E-state index in [-0.39, 0.29) is 0 Å². The van der Waals surface area contributed by atoms with Crippen LogP contribution in [0.4, 0.5) is 0 Å². The van der Waals surface area contributed by atoms with Gasteiger partial charge >= 0.3 is 0 Å². The van der Waals surface area contributed by atoms with Gasteiger partial charge in [0.25, 0.3) is 0 Å². The summed E-state index contributed by atoms with van der Waals surface area (Å²) in [6.07, 6.45) is 5.33. The van der Waals surface area contributed by atoms with Gasteiger partial charge in [-0.25, -0.2) is 0 Å². The Morgan fingerprint density at radius 3 is 1.67 bits per heavy atom. The Morgan fingerprint density at radius 2 is 1.40 bits per heavy atom. The number of hydrogen-bond acceptors (Lipinski definition) is 0. The first-order chi connectivity index (χ1) is 6.62. The molecule has 0 aromatic rings. The van der Waals surface area contributed by atoms with Crippen molar-refractivity contribution in [2.75, 3.05) is 0 Å². The molecule has 0 nitrogen and oxygen atoms in total. The van der Waals surface area contributed by atoms with Crippen LogP contribution in [0.5, 0.6) is 0 Å². The highest BCUT2D eigenvalue weighted by Crippen LogP contribution is 2.56. The topological polar surface area (TPSA) is 0 Å². The number of rotatable bonds is 5. The van der Waals surface area contributed by atoms with E-state index in [1.54, 1.807) is 0 Å². The summed E-state index contributed by atoms with van der Waals surface area (Å²) in [4.78, 5) is 0. The van der Waals surface area contributed by atoms with Crippen molar-refractivity contribution in [2.24, 2.45) is 10.8 Å². The third-order valence-corrected chi connectivity index (χ3v) is 5.25. The highest BCUT2D eigenvalue weighted by molar-refractivity contribution is 6.41. The van der Waals surface area contributed by atoms with Crippen molar-refractivity contribution in [3.8, 4) is 0 Å². The van der Waals surface area contributed by atoms with Crippen molar-refractivity contribution < 1.29 is 0 Å². The zero-order chi connectivity index (χ0) is 12.3. The highest BCUT2D eigenvalue weighted by Gasteiger charge is 2.45. The van der Waals surface area contributed by atoms with Gasteiger partial charge in [0.1, 0.15) is 15.7 Å². The monoisotopic (exact) mass is 208 g/mol. The van der Waals surface area contributed by atoms with Crippen LogP contribution in [0, 0.1) is 10.8 Å². The molecule has 0 aliphatic heterocycles. The second-order valence-electron chi connectivity index (χ2n) is 6.89. The maximum atomic E-state index is 2.48. The minimum atomic E-state index is 0.380. The summed E-state index contributed by atoms with van der Waals surface area (Å²) in [5.74, 6) is 0. The van der Waals surface area contributed by atoms with E-state index < -0.39 is 0 Å². The van der Waals surface area contributed by atoms with Crippen molar-refractivity contribution in [1.29, 1.82) is 0 Å². The Labute approximate surface area is 99.4 Å². The molecule has 0 saturated heterocycles. The number of unbranched alkanes of at least 4 members (excludes halogenated alkanes) is 1. The van der Waals surface area contributed by atoms with E-state index >= 15 is 0 Å². The SMILES string of the molecule is BC(B)(C(C)(C)C)C(C)(CC)CCCC. The van der Waals surface area contributed by atoms with Crippen LogP contribution in [-0.2, 0) is 0 Å². The molecule has 0 bridgehead atoms. The maximum absolute atomic E-state index is 2.48. The van der Waals surface area contributed by atoms with E-state index in [0.717, 1.165) is 0 Å². The van der Waals surface area contributed by atoms with Gasteiger partial charge < -0.3 is 0 Å². The van der Waals surface area contributed by atoms with Crippen LogP contribution in [0.3, 0.4) is 0 Å². The molecule has 0 aromatic carbocycles. The fourth-order valence-electron chi connectivity index (χ4n) is 2.40. The lowest BCUT2D eigenvalue weighted by Crippen LogP contribution is -2.44. The van der Waals surface area contributed by atoms with Crippen LogP contribution < -0.4 is 0 Å². The van der Waals surface area contributed by atoms with Crippen LogP contribution >= 0.6 is 0 Å². The summed E-state index contributed by atoms with van der Waals surface area (Å²) in [5.41, 5.74) is 0.854. The standard InChI is InChI=1S/C13H30B2/c1-7-9-10-12(6,8-2)13(14,15)11(3,4)5/h7-10,14-15H2,1-6H3. The Morgan fingerprint density at radius 1 is 0.933 bits per heavy atom.